The molecule has 1 atom stereocenters. The number of amides is 1. The lowest BCUT2D eigenvalue weighted by molar-refractivity contribution is 0.101. The largest absolute Gasteiger partial charge is 0.493 e. The van der Waals surface area contributed by atoms with Gasteiger partial charge in [-0.2, -0.15) is 0 Å². The third-order valence-corrected chi connectivity index (χ3v) is 5.18. The molecule has 1 aliphatic rings. The molecule has 160 valence electrons. The van der Waals surface area contributed by atoms with E-state index in [2.05, 4.69) is 10.6 Å². The zero-order valence-electron chi connectivity index (χ0n) is 17.3. The van der Waals surface area contributed by atoms with Gasteiger partial charge in [-0.25, -0.2) is 0 Å². The van der Waals surface area contributed by atoms with Crippen molar-refractivity contribution in [3.05, 3.63) is 54.2 Å². The van der Waals surface area contributed by atoms with E-state index in [0.717, 1.165) is 47.6 Å². The maximum atomic E-state index is 13.0. The lowest BCUT2D eigenvalue weighted by atomic mass is 10.2. The van der Waals surface area contributed by atoms with E-state index in [4.69, 9.17) is 9.47 Å². The predicted octanol–water partition coefficient (Wildman–Crippen LogP) is 4.47. The quantitative estimate of drug-likeness (QED) is 0.581. The Hall–Kier alpha value is -2.70. The Balaban J connectivity index is 0.00000256. The van der Waals surface area contributed by atoms with E-state index >= 15 is 0 Å². The zero-order chi connectivity index (χ0) is 20.2. The summed E-state index contributed by atoms with van der Waals surface area (Å²) < 4.78 is 13.7. The number of hydrogen-bond acceptors (Lipinski definition) is 4. The molecule has 1 amide bonds. The number of carbonyl (C=O) groups is 1. The fourth-order valence-corrected chi connectivity index (χ4v) is 3.80. The van der Waals surface area contributed by atoms with Crippen molar-refractivity contribution in [2.75, 3.05) is 25.0 Å². The minimum atomic E-state index is -0.140. The molecule has 0 bridgehead atoms. The summed E-state index contributed by atoms with van der Waals surface area (Å²) in [5, 5.41) is 7.24. The molecule has 2 aromatic carbocycles. The molecule has 1 saturated heterocycles. The van der Waals surface area contributed by atoms with Gasteiger partial charge in [-0.05, 0) is 69.3 Å². The van der Waals surface area contributed by atoms with Crippen molar-refractivity contribution in [2.24, 2.45) is 0 Å². The van der Waals surface area contributed by atoms with Crippen LogP contribution >= 0.6 is 12.4 Å². The fraction of sp³-hybridized carbons (Fsp3) is 0.348. The normalized spacial score (nSPS) is 15.6. The Kier molecular flexibility index (Phi) is 7.24. The van der Waals surface area contributed by atoms with Crippen LogP contribution in [-0.4, -0.2) is 36.3 Å². The number of hydrogen-bond donors (Lipinski definition) is 2. The molecule has 2 N–H and O–H groups in total. The van der Waals surface area contributed by atoms with Gasteiger partial charge in [0, 0.05) is 24.2 Å². The Bertz CT molecular complexity index is 995. The number of fused-ring (bicyclic) bond motifs is 1. The summed E-state index contributed by atoms with van der Waals surface area (Å²) in [4.78, 5) is 13.0. The fourth-order valence-electron chi connectivity index (χ4n) is 3.80. The molecule has 1 aliphatic heterocycles. The minimum absolute atomic E-state index is 0. The number of nitrogens with zero attached hydrogens (tertiary/aromatic N) is 1. The first-order valence-electron chi connectivity index (χ1n) is 10.2. The predicted molar refractivity (Wildman–Crippen MR) is 122 cm³/mol. The molecular weight excluding hydrogens is 402 g/mol. The number of halogens is 1. The van der Waals surface area contributed by atoms with Crippen LogP contribution in [0.15, 0.2) is 48.5 Å². The first kappa shape index (κ1) is 22.0. The van der Waals surface area contributed by atoms with Crippen molar-refractivity contribution >= 4 is 34.9 Å². The molecule has 0 unspecified atom stereocenters. The molecule has 2 heterocycles. The highest BCUT2D eigenvalue weighted by Crippen LogP contribution is 2.29. The van der Waals surface area contributed by atoms with Gasteiger partial charge in [0.15, 0.2) is 0 Å². The van der Waals surface area contributed by atoms with E-state index in [1.54, 1.807) is 0 Å². The highest BCUT2D eigenvalue weighted by molar-refractivity contribution is 6.07. The van der Waals surface area contributed by atoms with Crippen LogP contribution < -0.4 is 20.1 Å². The van der Waals surface area contributed by atoms with Gasteiger partial charge in [0.1, 0.15) is 23.3 Å². The molecule has 0 radical (unpaired) electrons. The van der Waals surface area contributed by atoms with Crippen LogP contribution in [-0.2, 0) is 6.54 Å². The average molecular weight is 430 g/mol. The second-order valence-electron chi connectivity index (χ2n) is 7.11. The smallest absolute Gasteiger partial charge is 0.272 e. The SMILES string of the molecule is CCOc1cccc2c1cc(C(=O)Nc1ccc(O[C@H]3CCNC3)cc1)n2CC.Cl. The van der Waals surface area contributed by atoms with Gasteiger partial charge in [-0.15, -0.1) is 12.4 Å². The van der Waals surface area contributed by atoms with Crippen LogP contribution in [0, 0.1) is 0 Å². The van der Waals surface area contributed by atoms with Crippen molar-refractivity contribution in [1.29, 1.82) is 0 Å². The number of benzene rings is 2. The molecule has 3 aromatic rings. The Morgan fingerprint density at radius 2 is 2.00 bits per heavy atom. The van der Waals surface area contributed by atoms with Crippen molar-refractivity contribution in [2.45, 2.75) is 32.9 Å². The molecule has 0 saturated carbocycles. The number of nitrogens with one attached hydrogen (secondary N) is 2. The number of carbonyl (C=O) groups excluding carboxylic acids is 1. The van der Waals surface area contributed by atoms with Crippen LogP contribution in [0.5, 0.6) is 11.5 Å². The first-order chi connectivity index (χ1) is 14.2. The number of rotatable bonds is 7. The summed E-state index contributed by atoms with van der Waals surface area (Å²) in [6.45, 7) is 7.15. The second kappa shape index (κ2) is 9.87. The summed E-state index contributed by atoms with van der Waals surface area (Å²) in [6.07, 6.45) is 1.24. The van der Waals surface area contributed by atoms with Gasteiger partial charge in [0.05, 0.1) is 12.1 Å². The molecule has 6 nitrogen and oxygen atoms in total. The maximum absolute atomic E-state index is 13.0. The Morgan fingerprint density at radius 1 is 1.20 bits per heavy atom. The standard InChI is InChI=1S/C23H27N3O3.ClH/c1-3-26-20-6-5-7-22(28-4-2)19(20)14-21(26)23(27)25-16-8-10-17(11-9-16)29-18-12-13-24-15-18;/h5-11,14,18,24H,3-4,12-13,15H2,1-2H3,(H,25,27);1H/t18-;/m0./s1. The second-order valence-corrected chi connectivity index (χ2v) is 7.11. The molecule has 1 fully saturated rings. The van der Waals surface area contributed by atoms with Crippen LogP contribution in [0.1, 0.15) is 30.8 Å². The summed E-state index contributed by atoms with van der Waals surface area (Å²) in [5.41, 5.74) is 2.36. The van der Waals surface area contributed by atoms with E-state index in [1.165, 1.54) is 0 Å². The lowest BCUT2D eigenvalue weighted by Crippen LogP contribution is -2.19. The highest BCUT2D eigenvalue weighted by atomic mass is 35.5. The summed E-state index contributed by atoms with van der Waals surface area (Å²) in [7, 11) is 0. The van der Waals surface area contributed by atoms with E-state index in [-0.39, 0.29) is 24.4 Å². The van der Waals surface area contributed by atoms with E-state index in [0.29, 0.717) is 18.8 Å². The topological polar surface area (TPSA) is 64.5 Å². The van der Waals surface area contributed by atoms with E-state index < -0.39 is 0 Å². The number of ether oxygens (including phenoxy) is 2. The first-order valence-corrected chi connectivity index (χ1v) is 10.2. The van der Waals surface area contributed by atoms with Crippen LogP contribution in [0.4, 0.5) is 5.69 Å². The molecule has 30 heavy (non-hydrogen) atoms. The molecule has 7 heteroatoms. The van der Waals surface area contributed by atoms with Crippen molar-refractivity contribution < 1.29 is 14.3 Å². The van der Waals surface area contributed by atoms with Crippen LogP contribution in [0.2, 0.25) is 0 Å². The van der Waals surface area contributed by atoms with Crippen LogP contribution in [0.3, 0.4) is 0 Å². The third kappa shape index (κ3) is 4.55. The monoisotopic (exact) mass is 429 g/mol. The summed E-state index contributed by atoms with van der Waals surface area (Å²) in [5.74, 6) is 1.48. The van der Waals surface area contributed by atoms with Gasteiger partial charge >= 0.3 is 0 Å². The summed E-state index contributed by atoms with van der Waals surface area (Å²) in [6, 6.07) is 15.4. The Labute approximate surface area is 183 Å². The van der Waals surface area contributed by atoms with Crippen LogP contribution in [0.25, 0.3) is 10.9 Å². The number of aromatic nitrogens is 1. The molecule has 1 aromatic heterocycles. The molecule has 0 aliphatic carbocycles. The molecule has 0 spiro atoms. The van der Waals surface area contributed by atoms with E-state index in [1.807, 2.05) is 66.9 Å². The highest BCUT2D eigenvalue weighted by Gasteiger charge is 2.18. The third-order valence-electron chi connectivity index (χ3n) is 5.18. The van der Waals surface area contributed by atoms with Gasteiger partial charge in [0.2, 0.25) is 0 Å². The zero-order valence-corrected chi connectivity index (χ0v) is 18.1. The van der Waals surface area contributed by atoms with Gasteiger partial charge in [-0.1, -0.05) is 6.07 Å². The van der Waals surface area contributed by atoms with Crippen molar-refractivity contribution in [3.8, 4) is 11.5 Å². The number of aryl methyl sites for hydroxylation is 1. The van der Waals surface area contributed by atoms with Gasteiger partial charge in [-0.3, -0.25) is 4.79 Å². The molecule has 4 rings (SSSR count). The molecular formula is C23H28ClN3O3. The van der Waals surface area contributed by atoms with Gasteiger partial charge in [0.25, 0.3) is 5.91 Å². The minimum Gasteiger partial charge on any atom is -0.493 e. The van der Waals surface area contributed by atoms with E-state index in [9.17, 15) is 4.79 Å². The average Bonchev–Trinajstić information content (AvgIpc) is 3.37. The Morgan fingerprint density at radius 3 is 2.67 bits per heavy atom. The van der Waals surface area contributed by atoms with Gasteiger partial charge < -0.3 is 24.7 Å². The maximum Gasteiger partial charge on any atom is 0.272 e. The lowest BCUT2D eigenvalue weighted by Gasteiger charge is -2.13. The summed E-state index contributed by atoms with van der Waals surface area (Å²) >= 11 is 0. The number of anilines is 1. The van der Waals surface area contributed by atoms with Crippen molar-refractivity contribution in [3.63, 3.8) is 0 Å². The van der Waals surface area contributed by atoms with Crippen molar-refractivity contribution in [1.82, 2.24) is 9.88 Å².